The largest absolute Gasteiger partial charge is 0.392 e. The molecule has 17 heavy (non-hydrogen) atoms. The topological polar surface area (TPSA) is 63.0 Å². The van der Waals surface area contributed by atoms with E-state index in [1.165, 1.54) is 0 Å². The number of nitrogens with zero attached hydrogens (tertiary/aromatic N) is 3. The lowest BCUT2D eigenvalue weighted by Crippen LogP contribution is -2.08. The van der Waals surface area contributed by atoms with Gasteiger partial charge in [-0.1, -0.05) is 6.07 Å². The van der Waals surface area contributed by atoms with Crippen molar-refractivity contribution < 1.29 is 5.11 Å². The molecule has 0 fully saturated rings. The zero-order valence-electron chi connectivity index (χ0n) is 9.39. The normalized spacial score (nSPS) is 10.5. The summed E-state index contributed by atoms with van der Waals surface area (Å²) in [7, 11) is 1.88. The van der Waals surface area contributed by atoms with Gasteiger partial charge < -0.3 is 10.4 Å². The van der Waals surface area contributed by atoms with Crippen molar-refractivity contribution in [3.8, 4) is 0 Å². The van der Waals surface area contributed by atoms with Gasteiger partial charge in [0.1, 0.15) is 5.82 Å². The number of anilines is 1. The van der Waals surface area contributed by atoms with Gasteiger partial charge in [0.05, 0.1) is 29.5 Å². The van der Waals surface area contributed by atoms with Crippen LogP contribution in [0.1, 0.15) is 11.3 Å². The second-order valence-corrected chi connectivity index (χ2v) is 4.44. The molecule has 90 valence electrons. The Kier molecular flexibility index (Phi) is 3.75. The van der Waals surface area contributed by atoms with Gasteiger partial charge in [-0.15, -0.1) is 0 Å². The molecule has 0 atom stereocenters. The number of aliphatic hydroxyl groups excluding tert-OH is 1. The Hall–Kier alpha value is -1.40. The van der Waals surface area contributed by atoms with Gasteiger partial charge in [-0.05, 0) is 22.0 Å². The highest BCUT2D eigenvalue weighted by atomic mass is 79.9. The van der Waals surface area contributed by atoms with Gasteiger partial charge >= 0.3 is 0 Å². The lowest BCUT2D eigenvalue weighted by Gasteiger charge is -2.09. The van der Waals surface area contributed by atoms with E-state index in [0.717, 1.165) is 15.7 Å². The first kappa shape index (κ1) is 12.1. The highest BCUT2D eigenvalue weighted by molar-refractivity contribution is 9.10. The molecule has 0 aliphatic rings. The van der Waals surface area contributed by atoms with Crippen molar-refractivity contribution in [2.75, 3.05) is 5.32 Å². The Morgan fingerprint density at radius 1 is 1.53 bits per heavy atom. The number of aryl methyl sites for hydroxylation is 1. The Bertz CT molecular complexity index is 492. The molecular weight excluding hydrogens is 284 g/mol. The summed E-state index contributed by atoms with van der Waals surface area (Å²) >= 11 is 3.43. The van der Waals surface area contributed by atoms with Crippen LogP contribution in [0.4, 0.5) is 5.82 Å². The average molecular weight is 297 g/mol. The summed E-state index contributed by atoms with van der Waals surface area (Å²) in [5.41, 5.74) is 1.81. The van der Waals surface area contributed by atoms with Crippen LogP contribution in [0.2, 0.25) is 0 Å². The lowest BCUT2D eigenvalue weighted by atomic mass is 10.2. The number of hydrogen-bond acceptors (Lipinski definition) is 4. The molecule has 0 saturated heterocycles. The Morgan fingerprint density at radius 2 is 2.35 bits per heavy atom. The van der Waals surface area contributed by atoms with Crippen molar-refractivity contribution in [2.24, 2.45) is 7.05 Å². The van der Waals surface area contributed by atoms with Crippen molar-refractivity contribution in [2.45, 2.75) is 13.2 Å². The minimum atomic E-state index is -0.0251. The molecule has 0 radical (unpaired) electrons. The molecule has 0 spiro atoms. The predicted molar refractivity (Wildman–Crippen MR) is 68.4 cm³/mol. The van der Waals surface area contributed by atoms with Crippen LogP contribution in [0.15, 0.2) is 29.0 Å². The third kappa shape index (κ3) is 2.65. The molecule has 6 heteroatoms. The Labute approximate surface area is 108 Å². The maximum absolute atomic E-state index is 9.18. The van der Waals surface area contributed by atoms with Crippen molar-refractivity contribution in [1.82, 2.24) is 14.8 Å². The molecule has 0 bridgehead atoms. The summed E-state index contributed by atoms with van der Waals surface area (Å²) in [6.07, 6.45) is 3.45. The van der Waals surface area contributed by atoms with Crippen LogP contribution in [0.25, 0.3) is 0 Å². The van der Waals surface area contributed by atoms with Gasteiger partial charge in [-0.25, -0.2) is 4.98 Å². The third-order valence-corrected chi connectivity index (χ3v) is 3.16. The lowest BCUT2D eigenvalue weighted by molar-refractivity contribution is 0.282. The summed E-state index contributed by atoms with van der Waals surface area (Å²) in [5, 5.41) is 16.5. The van der Waals surface area contributed by atoms with Gasteiger partial charge in [0.2, 0.25) is 0 Å². The summed E-state index contributed by atoms with van der Waals surface area (Å²) in [5.74, 6) is 0.697. The van der Waals surface area contributed by atoms with E-state index in [2.05, 4.69) is 31.3 Å². The highest BCUT2D eigenvalue weighted by Crippen LogP contribution is 2.17. The number of pyridine rings is 1. The number of nitrogens with one attached hydrogen (secondary N) is 1. The van der Waals surface area contributed by atoms with Crippen LogP contribution in [0, 0.1) is 0 Å². The average Bonchev–Trinajstić information content (AvgIpc) is 2.67. The van der Waals surface area contributed by atoms with Gasteiger partial charge in [0.25, 0.3) is 0 Å². The molecule has 2 rings (SSSR count). The van der Waals surface area contributed by atoms with E-state index in [1.807, 2.05) is 13.1 Å². The third-order valence-electron chi connectivity index (χ3n) is 2.50. The predicted octanol–water partition coefficient (Wildman–Crippen LogP) is 1.68. The van der Waals surface area contributed by atoms with Crippen molar-refractivity contribution in [1.29, 1.82) is 0 Å². The fourth-order valence-corrected chi connectivity index (χ4v) is 2.02. The zero-order valence-corrected chi connectivity index (χ0v) is 11.0. The molecule has 0 saturated carbocycles. The SMILES string of the molecule is Cn1ncc(Br)c1CNc1ncccc1CO. The van der Waals surface area contributed by atoms with Crippen molar-refractivity contribution in [3.05, 3.63) is 40.3 Å². The number of hydrogen-bond donors (Lipinski definition) is 2. The molecule has 0 aliphatic carbocycles. The maximum atomic E-state index is 9.18. The van der Waals surface area contributed by atoms with Gasteiger partial charge in [0, 0.05) is 18.8 Å². The number of aromatic nitrogens is 3. The fraction of sp³-hybridized carbons (Fsp3) is 0.273. The molecule has 0 unspecified atom stereocenters. The summed E-state index contributed by atoms with van der Waals surface area (Å²) < 4.78 is 2.74. The van der Waals surface area contributed by atoms with Crippen LogP contribution in [0.3, 0.4) is 0 Å². The number of rotatable bonds is 4. The molecule has 5 nitrogen and oxygen atoms in total. The fourth-order valence-electron chi connectivity index (χ4n) is 1.53. The first-order valence-corrected chi connectivity index (χ1v) is 5.96. The first-order chi connectivity index (χ1) is 8.22. The van der Waals surface area contributed by atoms with E-state index >= 15 is 0 Å². The van der Waals surface area contributed by atoms with Crippen molar-refractivity contribution in [3.63, 3.8) is 0 Å². The molecule has 2 aromatic rings. The zero-order chi connectivity index (χ0) is 12.3. The van der Waals surface area contributed by atoms with E-state index in [-0.39, 0.29) is 6.61 Å². The standard InChI is InChI=1S/C11H13BrN4O/c1-16-10(9(12)5-15-16)6-14-11-8(7-17)3-2-4-13-11/h2-5,17H,6-7H2,1H3,(H,13,14). The summed E-state index contributed by atoms with van der Waals surface area (Å²) in [4.78, 5) is 4.19. The second-order valence-electron chi connectivity index (χ2n) is 3.59. The maximum Gasteiger partial charge on any atom is 0.131 e. The second kappa shape index (κ2) is 5.29. The smallest absolute Gasteiger partial charge is 0.131 e. The molecule has 0 aromatic carbocycles. The minimum absolute atomic E-state index is 0.0251. The Balaban J connectivity index is 2.12. The van der Waals surface area contributed by atoms with E-state index in [4.69, 9.17) is 0 Å². The molecular formula is C11H13BrN4O. The van der Waals surface area contributed by atoms with Crippen LogP contribution >= 0.6 is 15.9 Å². The molecule has 2 N–H and O–H groups in total. The summed E-state index contributed by atoms with van der Waals surface area (Å²) in [6, 6.07) is 3.64. The summed E-state index contributed by atoms with van der Waals surface area (Å²) in [6.45, 7) is 0.573. The quantitative estimate of drug-likeness (QED) is 0.901. The van der Waals surface area contributed by atoms with E-state index in [1.54, 1.807) is 23.1 Å². The van der Waals surface area contributed by atoms with Gasteiger partial charge in [-0.3, -0.25) is 4.68 Å². The molecule has 2 heterocycles. The van der Waals surface area contributed by atoms with E-state index < -0.39 is 0 Å². The van der Waals surface area contributed by atoms with E-state index in [0.29, 0.717) is 12.4 Å². The number of aliphatic hydroxyl groups is 1. The van der Waals surface area contributed by atoms with Crippen LogP contribution in [-0.4, -0.2) is 19.9 Å². The van der Waals surface area contributed by atoms with Crippen LogP contribution in [0.5, 0.6) is 0 Å². The number of halogens is 1. The van der Waals surface area contributed by atoms with Gasteiger partial charge in [-0.2, -0.15) is 5.10 Å². The first-order valence-electron chi connectivity index (χ1n) is 5.17. The Morgan fingerprint density at radius 3 is 3.00 bits per heavy atom. The van der Waals surface area contributed by atoms with Crippen molar-refractivity contribution >= 4 is 21.7 Å². The van der Waals surface area contributed by atoms with Crippen LogP contribution in [-0.2, 0) is 20.2 Å². The monoisotopic (exact) mass is 296 g/mol. The molecule has 0 amide bonds. The molecule has 2 aromatic heterocycles. The van der Waals surface area contributed by atoms with Crippen LogP contribution < -0.4 is 5.32 Å². The minimum Gasteiger partial charge on any atom is -0.392 e. The highest BCUT2D eigenvalue weighted by Gasteiger charge is 2.07. The van der Waals surface area contributed by atoms with E-state index in [9.17, 15) is 5.11 Å². The molecule has 0 aliphatic heterocycles. The van der Waals surface area contributed by atoms with Gasteiger partial charge in [0.15, 0.2) is 0 Å².